The zero-order valence-corrected chi connectivity index (χ0v) is 15.4. The minimum absolute atomic E-state index is 0.604. The highest BCUT2D eigenvalue weighted by molar-refractivity contribution is 6.00. The van der Waals surface area contributed by atoms with Crippen LogP contribution < -0.4 is 5.32 Å². The minimum atomic E-state index is 0.604. The molecule has 0 fully saturated rings. The van der Waals surface area contributed by atoms with E-state index in [1.54, 1.807) is 6.20 Å². The van der Waals surface area contributed by atoms with Gasteiger partial charge in [-0.15, -0.1) is 10.2 Å². The molecule has 4 aromatic rings. The highest BCUT2D eigenvalue weighted by atomic mass is 15.3. The van der Waals surface area contributed by atoms with Gasteiger partial charge in [0, 0.05) is 30.0 Å². The summed E-state index contributed by atoms with van der Waals surface area (Å²) in [5, 5.41) is 14.6. The van der Waals surface area contributed by atoms with Crippen molar-refractivity contribution < 1.29 is 0 Å². The monoisotopic (exact) mass is 355 g/mol. The lowest BCUT2D eigenvalue weighted by Crippen LogP contribution is -1.93. The third-order valence-electron chi connectivity index (χ3n) is 4.51. The second-order valence-electron chi connectivity index (χ2n) is 6.39. The lowest BCUT2D eigenvalue weighted by atomic mass is 10.1. The number of aromatic nitrogens is 2. The Balaban J connectivity index is 1.78. The molecule has 1 aromatic heterocycles. The van der Waals surface area contributed by atoms with Gasteiger partial charge < -0.3 is 9.88 Å². The van der Waals surface area contributed by atoms with Gasteiger partial charge in [-0.3, -0.25) is 0 Å². The number of azo groups is 1. The summed E-state index contributed by atoms with van der Waals surface area (Å²) >= 11 is 0. The second kappa shape index (κ2) is 7.41. The molecule has 0 atom stereocenters. The number of imidazole rings is 1. The van der Waals surface area contributed by atoms with Crippen LogP contribution in [0.1, 0.15) is 12.5 Å². The molecule has 0 aliphatic carbocycles. The fraction of sp³-hybridized carbons (Fsp3) is 0.136. The van der Waals surface area contributed by atoms with Gasteiger partial charge in [0.15, 0.2) is 0 Å². The highest BCUT2D eigenvalue weighted by Crippen LogP contribution is 2.36. The van der Waals surface area contributed by atoms with Crippen LogP contribution in [-0.4, -0.2) is 9.55 Å². The van der Waals surface area contributed by atoms with E-state index in [0.717, 1.165) is 34.4 Å². The van der Waals surface area contributed by atoms with Gasteiger partial charge >= 0.3 is 0 Å². The molecular formula is C22H21N5. The third-order valence-corrected chi connectivity index (χ3v) is 4.51. The first-order valence-corrected chi connectivity index (χ1v) is 9.03. The molecule has 5 heteroatoms. The first-order valence-electron chi connectivity index (χ1n) is 9.03. The molecule has 1 heterocycles. The minimum Gasteiger partial charge on any atom is -0.353 e. The van der Waals surface area contributed by atoms with Gasteiger partial charge in [-0.2, -0.15) is 0 Å². The summed E-state index contributed by atoms with van der Waals surface area (Å²) in [7, 11) is 0. The second-order valence-corrected chi connectivity index (χ2v) is 6.39. The van der Waals surface area contributed by atoms with Gasteiger partial charge in [0.2, 0.25) is 5.95 Å². The summed E-state index contributed by atoms with van der Waals surface area (Å²) in [6.07, 6.45) is 3.64. The summed E-state index contributed by atoms with van der Waals surface area (Å²) in [5.41, 5.74) is 3.96. The molecule has 0 saturated carbocycles. The van der Waals surface area contributed by atoms with Crippen LogP contribution in [0.15, 0.2) is 83.3 Å². The van der Waals surface area contributed by atoms with E-state index in [1.165, 1.54) is 5.56 Å². The largest absolute Gasteiger partial charge is 0.353 e. The molecule has 134 valence electrons. The van der Waals surface area contributed by atoms with Crippen molar-refractivity contribution in [3.8, 4) is 0 Å². The smallest absolute Gasteiger partial charge is 0.249 e. The van der Waals surface area contributed by atoms with Crippen molar-refractivity contribution in [3.05, 3.63) is 78.6 Å². The fourth-order valence-electron chi connectivity index (χ4n) is 3.01. The van der Waals surface area contributed by atoms with Crippen molar-refractivity contribution in [1.82, 2.24) is 9.55 Å². The predicted octanol–water partition coefficient (Wildman–Crippen LogP) is 6.52. The Labute approximate surface area is 158 Å². The number of benzene rings is 3. The maximum absolute atomic E-state index is 4.50. The van der Waals surface area contributed by atoms with Crippen molar-refractivity contribution in [2.75, 3.05) is 5.32 Å². The van der Waals surface area contributed by atoms with Crippen LogP contribution in [0.4, 0.5) is 23.0 Å². The van der Waals surface area contributed by atoms with Crippen LogP contribution in [0.3, 0.4) is 0 Å². The Morgan fingerprint density at radius 3 is 2.59 bits per heavy atom. The molecule has 0 radical (unpaired) electrons. The molecule has 0 spiro atoms. The highest BCUT2D eigenvalue weighted by Gasteiger charge is 2.09. The summed E-state index contributed by atoms with van der Waals surface area (Å²) in [5.74, 6) is 0.604. The molecule has 3 aromatic carbocycles. The van der Waals surface area contributed by atoms with E-state index < -0.39 is 0 Å². The standard InChI is InChI=1S/C22H21N5/c1-3-27-15-14-23-22(27)26-25-20-13-10-17-6-4-5-7-19(17)21(20)24-18-11-8-16(2)9-12-18/h4-15,24H,3H2,1-2H3. The van der Waals surface area contributed by atoms with Crippen LogP contribution in [-0.2, 0) is 6.54 Å². The summed E-state index contributed by atoms with van der Waals surface area (Å²) in [4.78, 5) is 4.27. The normalized spacial score (nSPS) is 11.3. The predicted molar refractivity (Wildman–Crippen MR) is 110 cm³/mol. The van der Waals surface area contributed by atoms with E-state index in [-0.39, 0.29) is 0 Å². The average Bonchev–Trinajstić information content (AvgIpc) is 3.16. The average molecular weight is 355 g/mol. The Morgan fingerprint density at radius 1 is 0.963 bits per heavy atom. The van der Waals surface area contributed by atoms with E-state index in [2.05, 4.69) is 76.8 Å². The quantitative estimate of drug-likeness (QED) is 0.414. The lowest BCUT2D eigenvalue weighted by molar-refractivity contribution is 0.758. The van der Waals surface area contributed by atoms with E-state index in [9.17, 15) is 0 Å². The zero-order valence-electron chi connectivity index (χ0n) is 15.4. The zero-order chi connectivity index (χ0) is 18.6. The van der Waals surface area contributed by atoms with E-state index in [4.69, 9.17) is 0 Å². The Bertz CT molecular complexity index is 1090. The van der Waals surface area contributed by atoms with E-state index >= 15 is 0 Å². The molecule has 0 bridgehead atoms. The van der Waals surface area contributed by atoms with Crippen LogP contribution >= 0.6 is 0 Å². The number of fused-ring (bicyclic) bond motifs is 1. The van der Waals surface area contributed by atoms with Crippen molar-refractivity contribution in [3.63, 3.8) is 0 Å². The van der Waals surface area contributed by atoms with Crippen LogP contribution in [0.5, 0.6) is 0 Å². The maximum atomic E-state index is 4.50. The van der Waals surface area contributed by atoms with Crippen LogP contribution in [0.25, 0.3) is 10.8 Å². The van der Waals surface area contributed by atoms with E-state index in [0.29, 0.717) is 5.95 Å². The van der Waals surface area contributed by atoms with Crippen LogP contribution in [0.2, 0.25) is 0 Å². The Hall–Kier alpha value is -3.47. The SMILES string of the molecule is CCn1ccnc1N=Nc1ccc2ccccc2c1Nc1ccc(C)cc1. The summed E-state index contributed by atoms with van der Waals surface area (Å²) in [6, 6.07) is 20.6. The fourth-order valence-corrected chi connectivity index (χ4v) is 3.01. The van der Waals surface area contributed by atoms with Crippen molar-refractivity contribution >= 4 is 33.8 Å². The van der Waals surface area contributed by atoms with E-state index in [1.807, 2.05) is 29.0 Å². The molecule has 5 nitrogen and oxygen atoms in total. The Kier molecular flexibility index (Phi) is 4.66. The molecule has 27 heavy (non-hydrogen) atoms. The third kappa shape index (κ3) is 3.58. The van der Waals surface area contributed by atoms with Crippen LogP contribution in [0, 0.1) is 6.92 Å². The van der Waals surface area contributed by atoms with Gasteiger partial charge in [0.05, 0.1) is 5.69 Å². The number of anilines is 2. The molecular weight excluding hydrogens is 334 g/mol. The molecule has 0 amide bonds. The summed E-state index contributed by atoms with van der Waals surface area (Å²) in [6.45, 7) is 4.94. The first-order chi connectivity index (χ1) is 13.2. The maximum Gasteiger partial charge on any atom is 0.249 e. The number of hydrogen-bond donors (Lipinski definition) is 1. The molecule has 0 unspecified atom stereocenters. The van der Waals surface area contributed by atoms with Gasteiger partial charge in [-0.25, -0.2) is 4.98 Å². The number of nitrogens with one attached hydrogen (secondary N) is 1. The van der Waals surface area contributed by atoms with Gasteiger partial charge in [-0.1, -0.05) is 48.0 Å². The lowest BCUT2D eigenvalue weighted by Gasteiger charge is -2.12. The van der Waals surface area contributed by atoms with Crippen molar-refractivity contribution in [2.45, 2.75) is 20.4 Å². The van der Waals surface area contributed by atoms with Gasteiger partial charge in [0.1, 0.15) is 5.69 Å². The molecule has 0 aliphatic rings. The number of hydrogen-bond acceptors (Lipinski definition) is 4. The molecule has 0 saturated heterocycles. The first kappa shape index (κ1) is 17.0. The Morgan fingerprint density at radius 2 is 1.78 bits per heavy atom. The van der Waals surface area contributed by atoms with Crippen molar-refractivity contribution in [2.24, 2.45) is 10.2 Å². The molecule has 4 rings (SSSR count). The molecule has 0 aliphatic heterocycles. The topological polar surface area (TPSA) is 54.6 Å². The number of aryl methyl sites for hydroxylation is 2. The van der Waals surface area contributed by atoms with Gasteiger partial charge in [-0.05, 0) is 37.4 Å². The summed E-state index contributed by atoms with van der Waals surface area (Å²) < 4.78 is 1.96. The van der Waals surface area contributed by atoms with Gasteiger partial charge in [0.25, 0.3) is 0 Å². The molecule has 1 N–H and O–H groups in total. The van der Waals surface area contributed by atoms with Crippen molar-refractivity contribution in [1.29, 1.82) is 0 Å². The number of rotatable bonds is 5. The number of nitrogens with zero attached hydrogens (tertiary/aromatic N) is 4.